The van der Waals surface area contributed by atoms with Gasteiger partial charge in [0.2, 0.25) is 0 Å². The molecule has 0 radical (unpaired) electrons. The van der Waals surface area contributed by atoms with Crippen LogP contribution in [-0.2, 0) is 23.9 Å². The molecule has 3 amide bonds. The van der Waals surface area contributed by atoms with Gasteiger partial charge >= 0.3 is 5.97 Å². The number of morpholine rings is 1. The summed E-state index contributed by atoms with van der Waals surface area (Å²) >= 11 is 0. The molecule has 38 heavy (non-hydrogen) atoms. The maximum Gasteiger partial charge on any atom is 0.328 e. The first kappa shape index (κ1) is 26.8. The highest BCUT2D eigenvalue weighted by Gasteiger charge is 2.40. The number of rotatable bonds is 7. The molecule has 0 saturated carbocycles. The third-order valence-electron chi connectivity index (χ3n) is 6.53. The maximum absolute atomic E-state index is 13.2. The fraction of sp³-hybridized carbons (Fsp3) is 0.346. The smallest absolute Gasteiger partial charge is 0.328 e. The van der Waals surface area contributed by atoms with Crippen LogP contribution in [0.5, 0.6) is 0 Å². The molecule has 2 aromatic carbocycles. The molecule has 12 nitrogen and oxygen atoms in total. The quantitative estimate of drug-likeness (QED) is 0.230. The molecule has 12 heteroatoms. The first-order valence-electron chi connectivity index (χ1n) is 12.1. The number of nitrogen functional groups attached to an aromatic ring is 1. The number of aliphatic hydroxyl groups excluding tert-OH is 1. The topological polar surface area (TPSA) is 175 Å². The van der Waals surface area contributed by atoms with Crippen LogP contribution in [0, 0.1) is 5.41 Å². The zero-order chi connectivity index (χ0) is 27.4. The molecular formula is C26H29N5O7. The number of amides is 3. The van der Waals surface area contributed by atoms with Gasteiger partial charge in [-0.25, -0.2) is 4.79 Å². The van der Waals surface area contributed by atoms with Crippen LogP contribution in [0.3, 0.4) is 0 Å². The average Bonchev–Trinajstić information content (AvgIpc) is 3.42. The van der Waals surface area contributed by atoms with E-state index in [0.29, 0.717) is 41.9 Å². The Hall–Kier alpha value is -4.29. The molecule has 2 aliphatic rings. The molecule has 2 aromatic rings. The number of amidine groups is 1. The number of methoxy groups -OCH3 is 1. The van der Waals surface area contributed by atoms with E-state index in [0.717, 1.165) is 0 Å². The van der Waals surface area contributed by atoms with E-state index in [1.165, 1.54) is 47.2 Å². The molecule has 0 spiro atoms. The van der Waals surface area contributed by atoms with Crippen molar-refractivity contribution in [3.63, 3.8) is 0 Å². The number of ether oxygens (including phenoxy) is 2. The van der Waals surface area contributed by atoms with Crippen molar-refractivity contribution in [1.29, 1.82) is 5.41 Å². The molecule has 4 rings (SSSR count). The van der Waals surface area contributed by atoms with Crippen LogP contribution >= 0.6 is 0 Å². The maximum atomic E-state index is 13.2. The van der Waals surface area contributed by atoms with Crippen molar-refractivity contribution in [3.8, 4) is 0 Å². The predicted octanol–water partition coefficient (Wildman–Crippen LogP) is 0.480. The van der Waals surface area contributed by atoms with E-state index in [2.05, 4.69) is 5.32 Å². The minimum absolute atomic E-state index is 0.0583. The monoisotopic (exact) mass is 523 g/mol. The summed E-state index contributed by atoms with van der Waals surface area (Å²) in [4.78, 5) is 53.9. The molecule has 2 saturated heterocycles. The molecule has 2 heterocycles. The summed E-state index contributed by atoms with van der Waals surface area (Å²) in [6.45, 7) is 0.630. The molecule has 0 aromatic heterocycles. The number of likely N-dealkylation sites (tertiary alicyclic amines) is 1. The molecule has 0 bridgehead atoms. The van der Waals surface area contributed by atoms with Crippen molar-refractivity contribution in [1.82, 2.24) is 4.90 Å². The Morgan fingerprint density at radius 2 is 1.89 bits per heavy atom. The van der Waals surface area contributed by atoms with Crippen LogP contribution in [0.2, 0.25) is 0 Å². The Balaban J connectivity index is 1.46. The van der Waals surface area contributed by atoms with E-state index >= 15 is 0 Å². The number of aliphatic hydroxyl groups is 1. The van der Waals surface area contributed by atoms with E-state index in [9.17, 15) is 24.3 Å². The van der Waals surface area contributed by atoms with E-state index in [1.54, 1.807) is 18.2 Å². The van der Waals surface area contributed by atoms with Gasteiger partial charge in [-0.3, -0.25) is 19.8 Å². The number of nitrogens with two attached hydrogens (primary N) is 1. The molecule has 2 aliphatic heterocycles. The minimum atomic E-state index is -1.80. The zero-order valence-electron chi connectivity index (χ0n) is 20.8. The Bertz CT molecular complexity index is 1250. The molecule has 200 valence electrons. The van der Waals surface area contributed by atoms with Gasteiger partial charge in [0.15, 0.2) is 12.2 Å². The van der Waals surface area contributed by atoms with Crippen molar-refractivity contribution < 1.29 is 33.8 Å². The van der Waals surface area contributed by atoms with Gasteiger partial charge in [0, 0.05) is 35.6 Å². The Kier molecular flexibility index (Phi) is 8.03. The Labute approximate surface area is 218 Å². The van der Waals surface area contributed by atoms with Crippen LogP contribution in [-0.4, -0.2) is 84.6 Å². The highest BCUT2D eigenvalue weighted by Crippen LogP contribution is 2.25. The van der Waals surface area contributed by atoms with E-state index in [-0.39, 0.29) is 24.9 Å². The summed E-state index contributed by atoms with van der Waals surface area (Å²) in [6.07, 6.45) is -2.06. The van der Waals surface area contributed by atoms with Crippen molar-refractivity contribution in [2.45, 2.75) is 31.1 Å². The van der Waals surface area contributed by atoms with Gasteiger partial charge in [-0.1, -0.05) is 6.07 Å². The van der Waals surface area contributed by atoms with Crippen molar-refractivity contribution >= 4 is 40.9 Å². The summed E-state index contributed by atoms with van der Waals surface area (Å²) in [6, 6.07) is 11.9. The van der Waals surface area contributed by atoms with Crippen LogP contribution < -0.4 is 16.0 Å². The Morgan fingerprint density at radius 3 is 2.58 bits per heavy atom. The summed E-state index contributed by atoms with van der Waals surface area (Å²) in [5.74, 6) is -2.43. The minimum Gasteiger partial charge on any atom is -0.467 e. The van der Waals surface area contributed by atoms with E-state index < -0.39 is 36.0 Å². The normalized spacial score (nSPS) is 20.1. The lowest BCUT2D eigenvalue weighted by molar-refractivity contribution is -0.150. The number of carbonyl (C=O) groups excluding carboxylic acids is 4. The SMILES string of the molecule is COC(=O)C1CCCN1C(=O)c1cccc(N2CCO[C@H]([C@@H](O)C(=O)Nc3ccc(C(=N)N)cc3)C2=O)c1. The van der Waals surface area contributed by atoms with Gasteiger partial charge in [-0.15, -0.1) is 0 Å². The second kappa shape index (κ2) is 11.4. The van der Waals surface area contributed by atoms with Crippen LogP contribution in [0.1, 0.15) is 28.8 Å². The lowest BCUT2D eigenvalue weighted by Gasteiger charge is -2.34. The fourth-order valence-corrected chi connectivity index (χ4v) is 4.54. The second-order valence-corrected chi connectivity index (χ2v) is 8.94. The molecule has 5 N–H and O–H groups in total. The average molecular weight is 524 g/mol. The number of nitrogens with zero attached hydrogens (tertiary/aromatic N) is 2. The standard InChI is InChI=1S/C26H29N5O7/c1-37-26(36)19-6-3-11-31(19)24(34)16-4-2-5-18(14-16)30-12-13-38-21(25(30)35)20(32)23(33)29-17-9-7-15(8-10-17)22(27)28/h2,4-5,7-10,14,19-21,32H,3,6,11-13H2,1H3,(H3,27,28)(H,29,33)/t19?,20-,21-/m1/s1. The van der Waals surface area contributed by atoms with Gasteiger partial charge < -0.3 is 35.4 Å². The molecule has 1 unspecified atom stereocenters. The third kappa shape index (κ3) is 5.50. The van der Waals surface area contributed by atoms with Crippen molar-refractivity contribution in [2.75, 3.05) is 37.0 Å². The second-order valence-electron chi connectivity index (χ2n) is 8.94. The highest BCUT2D eigenvalue weighted by atomic mass is 16.5. The van der Waals surface area contributed by atoms with Crippen LogP contribution in [0.4, 0.5) is 11.4 Å². The third-order valence-corrected chi connectivity index (χ3v) is 6.53. The van der Waals surface area contributed by atoms with Gasteiger partial charge in [0.05, 0.1) is 13.7 Å². The number of hydrogen-bond acceptors (Lipinski definition) is 8. The van der Waals surface area contributed by atoms with Gasteiger partial charge in [0.1, 0.15) is 11.9 Å². The first-order chi connectivity index (χ1) is 18.2. The molecular weight excluding hydrogens is 494 g/mol. The number of anilines is 2. The van der Waals surface area contributed by atoms with Crippen molar-refractivity contribution in [3.05, 3.63) is 59.7 Å². The summed E-state index contributed by atoms with van der Waals surface area (Å²) < 4.78 is 10.3. The van der Waals surface area contributed by atoms with E-state index in [1.807, 2.05) is 0 Å². The Morgan fingerprint density at radius 1 is 1.16 bits per heavy atom. The molecule has 0 aliphatic carbocycles. The van der Waals surface area contributed by atoms with Crippen molar-refractivity contribution in [2.24, 2.45) is 5.73 Å². The van der Waals surface area contributed by atoms with E-state index in [4.69, 9.17) is 20.6 Å². The zero-order valence-corrected chi connectivity index (χ0v) is 20.8. The highest BCUT2D eigenvalue weighted by molar-refractivity contribution is 6.05. The first-order valence-corrected chi connectivity index (χ1v) is 12.1. The lowest BCUT2D eigenvalue weighted by atomic mass is 10.1. The fourth-order valence-electron chi connectivity index (χ4n) is 4.54. The van der Waals surface area contributed by atoms with Crippen LogP contribution in [0.25, 0.3) is 0 Å². The summed E-state index contributed by atoms with van der Waals surface area (Å²) in [7, 11) is 1.28. The summed E-state index contributed by atoms with van der Waals surface area (Å²) in [5.41, 5.74) is 6.93. The lowest BCUT2D eigenvalue weighted by Crippen LogP contribution is -2.55. The predicted molar refractivity (Wildman–Crippen MR) is 137 cm³/mol. The largest absolute Gasteiger partial charge is 0.467 e. The number of carbonyl (C=O) groups is 4. The van der Waals surface area contributed by atoms with Gasteiger partial charge in [0.25, 0.3) is 17.7 Å². The summed E-state index contributed by atoms with van der Waals surface area (Å²) in [5, 5.41) is 20.6. The molecule has 2 fully saturated rings. The number of benzene rings is 2. The van der Waals surface area contributed by atoms with Gasteiger partial charge in [-0.2, -0.15) is 0 Å². The number of esters is 1. The van der Waals surface area contributed by atoms with Crippen LogP contribution in [0.15, 0.2) is 48.5 Å². The number of hydrogen-bond donors (Lipinski definition) is 4. The molecule has 3 atom stereocenters. The number of nitrogens with one attached hydrogen (secondary N) is 2. The van der Waals surface area contributed by atoms with Gasteiger partial charge in [-0.05, 0) is 55.3 Å².